The number of piperidine rings is 1. The van der Waals surface area contributed by atoms with Gasteiger partial charge in [-0.15, -0.1) is 0 Å². The lowest BCUT2D eigenvalue weighted by Crippen LogP contribution is -2.45. The predicted octanol–water partition coefficient (Wildman–Crippen LogP) is 1.93. The summed E-state index contributed by atoms with van der Waals surface area (Å²) >= 11 is 0. The number of hydrogen-bond acceptors (Lipinski definition) is 6. The van der Waals surface area contributed by atoms with Crippen molar-refractivity contribution in [3.8, 4) is 11.5 Å². The molecule has 9 nitrogen and oxygen atoms in total. The monoisotopic (exact) mass is 489 g/mol. The third-order valence-electron chi connectivity index (χ3n) is 5.77. The first kappa shape index (κ1) is 25.5. The molecule has 0 bridgehead atoms. The molecule has 3 rings (SSSR count). The number of ether oxygens (including phenoxy) is 2. The maximum atomic E-state index is 13.0. The van der Waals surface area contributed by atoms with Gasteiger partial charge in [-0.25, -0.2) is 8.42 Å². The van der Waals surface area contributed by atoms with Crippen molar-refractivity contribution in [2.75, 3.05) is 33.9 Å². The summed E-state index contributed by atoms with van der Waals surface area (Å²) in [5.74, 6) is 0.369. The number of carbonyl (C=O) groups excluding carboxylic acids is 2. The maximum absolute atomic E-state index is 13.0. The number of nitrogens with zero attached hydrogens (tertiary/aromatic N) is 1. The summed E-state index contributed by atoms with van der Waals surface area (Å²) in [5.41, 5.74) is 0.864. The van der Waals surface area contributed by atoms with Crippen LogP contribution in [0.25, 0.3) is 0 Å². The van der Waals surface area contributed by atoms with Crippen LogP contribution in [0.2, 0.25) is 0 Å². The molecule has 184 valence electrons. The van der Waals surface area contributed by atoms with Gasteiger partial charge in [0.2, 0.25) is 21.8 Å². The van der Waals surface area contributed by atoms with E-state index >= 15 is 0 Å². The van der Waals surface area contributed by atoms with Gasteiger partial charge in [-0.3, -0.25) is 9.59 Å². The molecule has 2 N–H and O–H groups in total. The Balaban J connectivity index is 1.47. The third-order valence-corrected chi connectivity index (χ3v) is 7.65. The fraction of sp³-hybridized carbons (Fsp3) is 0.417. The molecule has 0 unspecified atom stereocenters. The summed E-state index contributed by atoms with van der Waals surface area (Å²) in [4.78, 5) is 25.0. The van der Waals surface area contributed by atoms with E-state index in [1.165, 1.54) is 23.5 Å². The molecule has 10 heteroatoms. The molecule has 1 heterocycles. The van der Waals surface area contributed by atoms with E-state index < -0.39 is 15.9 Å². The first-order valence-electron chi connectivity index (χ1n) is 11.2. The largest absolute Gasteiger partial charge is 0.497 e. The van der Waals surface area contributed by atoms with E-state index in [1.54, 1.807) is 19.2 Å². The van der Waals surface area contributed by atoms with Crippen molar-refractivity contribution >= 4 is 21.8 Å². The number of hydrogen-bond donors (Lipinski definition) is 2. The van der Waals surface area contributed by atoms with E-state index in [4.69, 9.17) is 9.47 Å². The quantitative estimate of drug-likeness (QED) is 0.527. The smallest absolute Gasteiger partial charge is 0.243 e. The molecule has 0 aromatic heterocycles. The summed E-state index contributed by atoms with van der Waals surface area (Å²) in [5, 5.41) is 5.58. The van der Waals surface area contributed by atoms with Gasteiger partial charge in [0.1, 0.15) is 11.5 Å². The molecule has 34 heavy (non-hydrogen) atoms. The SMILES string of the molecule is COc1ccc(S(=O)(=O)N2CCC[C@H](C(=O)NCCC(=O)NCc3ccccc3OC)C2)cc1. The minimum atomic E-state index is -3.70. The topological polar surface area (TPSA) is 114 Å². The highest BCUT2D eigenvalue weighted by Gasteiger charge is 2.33. The van der Waals surface area contributed by atoms with Crippen molar-refractivity contribution in [3.05, 3.63) is 54.1 Å². The molecular formula is C24H31N3O6S. The highest BCUT2D eigenvalue weighted by Crippen LogP contribution is 2.25. The number of carbonyl (C=O) groups is 2. The van der Waals surface area contributed by atoms with E-state index in [-0.39, 0.29) is 36.2 Å². The lowest BCUT2D eigenvalue weighted by atomic mass is 9.99. The zero-order valence-corrected chi connectivity index (χ0v) is 20.3. The van der Waals surface area contributed by atoms with Crippen molar-refractivity contribution in [1.29, 1.82) is 0 Å². The summed E-state index contributed by atoms with van der Waals surface area (Å²) in [6.07, 6.45) is 1.31. The van der Waals surface area contributed by atoms with Crippen molar-refractivity contribution in [1.82, 2.24) is 14.9 Å². The molecule has 2 aromatic rings. The van der Waals surface area contributed by atoms with Gasteiger partial charge in [0.25, 0.3) is 0 Å². The Morgan fingerprint density at radius 2 is 1.76 bits per heavy atom. The van der Waals surface area contributed by atoms with Crippen LogP contribution in [0.1, 0.15) is 24.8 Å². The Morgan fingerprint density at radius 3 is 2.47 bits per heavy atom. The normalized spacial score (nSPS) is 16.5. The number of benzene rings is 2. The highest BCUT2D eigenvalue weighted by atomic mass is 32.2. The summed E-state index contributed by atoms with van der Waals surface area (Å²) in [7, 11) is -0.614. The number of sulfonamides is 1. The molecule has 0 aliphatic carbocycles. The van der Waals surface area contributed by atoms with Crippen LogP contribution in [-0.4, -0.2) is 58.4 Å². The number of methoxy groups -OCH3 is 2. The Hall–Kier alpha value is -3.11. The summed E-state index contributed by atoms with van der Waals surface area (Å²) < 4.78 is 37.7. The van der Waals surface area contributed by atoms with E-state index in [2.05, 4.69) is 10.6 Å². The first-order valence-corrected chi connectivity index (χ1v) is 12.6. The predicted molar refractivity (Wildman–Crippen MR) is 127 cm³/mol. The van der Waals surface area contributed by atoms with Crippen LogP contribution < -0.4 is 20.1 Å². The molecule has 1 aliphatic rings. The van der Waals surface area contributed by atoms with Crippen LogP contribution in [0.5, 0.6) is 11.5 Å². The standard InChI is InChI=1S/C24H31N3O6S/c1-32-20-9-11-21(12-10-20)34(30,31)27-15-5-7-19(17-27)24(29)25-14-13-23(28)26-16-18-6-3-4-8-22(18)33-2/h3-4,6,8-12,19H,5,7,13-17H2,1-2H3,(H,25,29)(H,26,28)/t19-/m0/s1. The van der Waals surface area contributed by atoms with Gasteiger partial charge in [-0.1, -0.05) is 18.2 Å². The molecular weight excluding hydrogens is 458 g/mol. The molecule has 1 fully saturated rings. The van der Waals surface area contributed by atoms with E-state index in [1.807, 2.05) is 24.3 Å². The van der Waals surface area contributed by atoms with Crippen LogP contribution >= 0.6 is 0 Å². The number of amides is 2. The van der Waals surface area contributed by atoms with Crippen LogP contribution in [0, 0.1) is 5.92 Å². The number of rotatable bonds is 10. The van der Waals surface area contributed by atoms with Gasteiger partial charge in [-0.2, -0.15) is 4.31 Å². The van der Waals surface area contributed by atoms with Crippen molar-refractivity contribution in [3.63, 3.8) is 0 Å². The molecule has 0 spiro atoms. The minimum absolute atomic E-state index is 0.111. The Bertz CT molecular complexity index is 1090. The fourth-order valence-corrected chi connectivity index (χ4v) is 5.37. The molecule has 0 saturated carbocycles. The molecule has 2 aromatic carbocycles. The van der Waals surface area contributed by atoms with E-state index in [0.29, 0.717) is 37.4 Å². The van der Waals surface area contributed by atoms with Crippen LogP contribution in [-0.2, 0) is 26.2 Å². The third kappa shape index (κ3) is 6.48. The second kappa shape index (κ2) is 11.8. The van der Waals surface area contributed by atoms with E-state index in [9.17, 15) is 18.0 Å². The lowest BCUT2D eigenvalue weighted by molar-refractivity contribution is -0.126. The minimum Gasteiger partial charge on any atom is -0.497 e. The van der Waals surface area contributed by atoms with Crippen molar-refractivity contribution in [2.24, 2.45) is 5.92 Å². The van der Waals surface area contributed by atoms with Gasteiger partial charge in [0.15, 0.2) is 0 Å². The van der Waals surface area contributed by atoms with Gasteiger partial charge in [0.05, 0.1) is 25.0 Å². The maximum Gasteiger partial charge on any atom is 0.243 e. The summed E-state index contributed by atoms with van der Waals surface area (Å²) in [6.45, 7) is 0.986. The van der Waals surface area contributed by atoms with E-state index in [0.717, 1.165) is 5.56 Å². The Labute approximate surface area is 200 Å². The van der Waals surface area contributed by atoms with Gasteiger partial charge in [-0.05, 0) is 43.2 Å². The van der Waals surface area contributed by atoms with Gasteiger partial charge in [0, 0.05) is 38.2 Å². The highest BCUT2D eigenvalue weighted by molar-refractivity contribution is 7.89. The molecule has 1 aliphatic heterocycles. The van der Waals surface area contributed by atoms with Crippen molar-refractivity contribution < 1.29 is 27.5 Å². The molecule has 1 atom stereocenters. The van der Waals surface area contributed by atoms with Crippen LogP contribution in [0.15, 0.2) is 53.4 Å². The fourth-order valence-electron chi connectivity index (χ4n) is 3.85. The zero-order chi connectivity index (χ0) is 24.6. The second-order valence-electron chi connectivity index (χ2n) is 8.01. The molecule has 2 amide bonds. The van der Waals surface area contributed by atoms with Crippen molar-refractivity contribution in [2.45, 2.75) is 30.7 Å². The number of para-hydroxylation sites is 1. The average molecular weight is 490 g/mol. The average Bonchev–Trinajstić information content (AvgIpc) is 2.87. The lowest BCUT2D eigenvalue weighted by Gasteiger charge is -2.31. The van der Waals surface area contributed by atoms with Crippen LogP contribution in [0.3, 0.4) is 0 Å². The molecule has 0 radical (unpaired) electrons. The van der Waals surface area contributed by atoms with Crippen LogP contribution in [0.4, 0.5) is 0 Å². The zero-order valence-electron chi connectivity index (χ0n) is 19.5. The second-order valence-corrected chi connectivity index (χ2v) is 9.95. The number of nitrogens with one attached hydrogen (secondary N) is 2. The first-order chi connectivity index (χ1) is 16.3. The summed E-state index contributed by atoms with van der Waals surface area (Å²) in [6, 6.07) is 13.6. The Kier molecular flexibility index (Phi) is 8.89. The van der Waals surface area contributed by atoms with Gasteiger partial charge >= 0.3 is 0 Å². The Morgan fingerprint density at radius 1 is 1.03 bits per heavy atom. The molecule has 1 saturated heterocycles. The van der Waals surface area contributed by atoms with Gasteiger partial charge < -0.3 is 20.1 Å².